The van der Waals surface area contributed by atoms with Gasteiger partial charge in [-0.25, -0.2) is 0 Å². The van der Waals surface area contributed by atoms with Crippen molar-refractivity contribution in [1.29, 1.82) is 0 Å². The zero-order chi connectivity index (χ0) is 7.72. The zero-order valence-corrected chi connectivity index (χ0v) is 5.96. The van der Waals surface area contributed by atoms with E-state index in [1.54, 1.807) is 24.7 Å². The summed E-state index contributed by atoms with van der Waals surface area (Å²) in [5.74, 6) is -0.192. The van der Waals surface area contributed by atoms with E-state index in [0.29, 0.717) is 5.56 Å². The van der Waals surface area contributed by atoms with Gasteiger partial charge < -0.3 is 9.67 Å². The molecular formula is C7H9NO2. The van der Waals surface area contributed by atoms with E-state index in [2.05, 4.69) is 0 Å². The predicted molar refractivity (Wildman–Crippen MR) is 38.1 cm³/mol. The highest BCUT2D eigenvalue weighted by Gasteiger charge is 1.98. The van der Waals surface area contributed by atoms with E-state index in [0.717, 1.165) is 0 Å². The van der Waals surface area contributed by atoms with Gasteiger partial charge in [-0.3, -0.25) is 4.79 Å². The molecule has 0 bridgehead atoms. The van der Waals surface area contributed by atoms with Gasteiger partial charge in [0.05, 0.1) is 0 Å². The number of pyridine rings is 1. The molecule has 0 amide bonds. The lowest BCUT2D eigenvalue weighted by Crippen LogP contribution is -2.07. The number of aryl methyl sites for hydroxylation is 2. The summed E-state index contributed by atoms with van der Waals surface area (Å²) in [6, 6.07) is 0. The van der Waals surface area contributed by atoms with E-state index in [4.69, 9.17) is 5.11 Å². The lowest BCUT2D eigenvalue weighted by molar-refractivity contribution is 0.463. The van der Waals surface area contributed by atoms with Crippen molar-refractivity contribution in [2.75, 3.05) is 0 Å². The molecule has 54 valence electrons. The van der Waals surface area contributed by atoms with Gasteiger partial charge in [-0.05, 0) is 6.92 Å². The van der Waals surface area contributed by atoms with E-state index in [9.17, 15) is 4.79 Å². The maximum Gasteiger partial charge on any atom is 0.226 e. The van der Waals surface area contributed by atoms with Crippen molar-refractivity contribution in [3.05, 3.63) is 28.2 Å². The Morgan fingerprint density at radius 3 is 2.60 bits per heavy atom. The lowest BCUT2D eigenvalue weighted by atomic mass is 10.3. The summed E-state index contributed by atoms with van der Waals surface area (Å²) in [6.45, 7) is 1.67. The fourth-order valence-corrected chi connectivity index (χ4v) is 0.855. The topological polar surface area (TPSA) is 42.2 Å². The van der Waals surface area contributed by atoms with Gasteiger partial charge in [0.1, 0.15) is 0 Å². The molecule has 0 fully saturated rings. The molecule has 0 unspecified atom stereocenters. The first-order valence-electron chi connectivity index (χ1n) is 2.97. The Balaban J connectivity index is 3.46. The standard InChI is InChI=1S/C7H9NO2/c1-5-3-8(2)4-6(9)7(5)10/h3-4,9H,1-2H3. The second-order valence-corrected chi connectivity index (χ2v) is 2.32. The van der Waals surface area contributed by atoms with Crippen LogP contribution in [0.1, 0.15) is 5.56 Å². The summed E-state index contributed by atoms with van der Waals surface area (Å²) in [7, 11) is 1.76. The van der Waals surface area contributed by atoms with Gasteiger partial charge in [-0.15, -0.1) is 0 Å². The highest BCUT2D eigenvalue weighted by molar-refractivity contribution is 5.21. The molecular weight excluding hydrogens is 130 g/mol. The molecule has 0 aliphatic rings. The molecule has 0 atom stereocenters. The van der Waals surface area contributed by atoms with Crippen LogP contribution in [0.5, 0.6) is 5.75 Å². The van der Waals surface area contributed by atoms with E-state index >= 15 is 0 Å². The number of rotatable bonds is 0. The molecule has 0 aliphatic carbocycles. The third-order valence-electron chi connectivity index (χ3n) is 1.31. The monoisotopic (exact) mass is 139 g/mol. The number of aromatic hydroxyl groups is 1. The van der Waals surface area contributed by atoms with Crippen LogP contribution < -0.4 is 5.43 Å². The van der Waals surface area contributed by atoms with E-state index in [-0.39, 0.29) is 11.2 Å². The molecule has 10 heavy (non-hydrogen) atoms. The zero-order valence-electron chi connectivity index (χ0n) is 5.96. The van der Waals surface area contributed by atoms with Crippen molar-refractivity contribution in [3.63, 3.8) is 0 Å². The molecule has 1 aromatic heterocycles. The first-order chi connectivity index (χ1) is 4.61. The molecule has 0 saturated carbocycles. The average molecular weight is 139 g/mol. The molecule has 3 heteroatoms. The van der Waals surface area contributed by atoms with E-state index in [1.807, 2.05) is 0 Å². The lowest BCUT2D eigenvalue weighted by Gasteiger charge is -1.98. The van der Waals surface area contributed by atoms with Crippen molar-refractivity contribution in [2.24, 2.45) is 7.05 Å². The highest BCUT2D eigenvalue weighted by atomic mass is 16.3. The van der Waals surface area contributed by atoms with Crippen LogP contribution in [0.25, 0.3) is 0 Å². The fourth-order valence-electron chi connectivity index (χ4n) is 0.855. The Kier molecular flexibility index (Phi) is 1.49. The smallest absolute Gasteiger partial charge is 0.226 e. The maximum atomic E-state index is 10.9. The van der Waals surface area contributed by atoms with Crippen molar-refractivity contribution < 1.29 is 5.11 Å². The van der Waals surface area contributed by atoms with E-state index in [1.165, 1.54) is 6.20 Å². The predicted octanol–water partition coefficient (Wildman–Crippen LogP) is 0.399. The van der Waals surface area contributed by atoms with Crippen LogP contribution in [0.3, 0.4) is 0 Å². The Labute approximate surface area is 58.5 Å². The molecule has 1 heterocycles. The normalized spacial score (nSPS) is 9.80. The minimum absolute atomic E-state index is 0.192. The van der Waals surface area contributed by atoms with Crippen LogP contribution in [0.15, 0.2) is 17.2 Å². The third kappa shape index (κ3) is 1.03. The second kappa shape index (κ2) is 2.17. The maximum absolute atomic E-state index is 10.9. The van der Waals surface area contributed by atoms with Crippen molar-refractivity contribution in [3.8, 4) is 5.75 Å². The van der Waals surface area contributed by atoms with Crippen molar-refractivity contribution in [1.82, 2.24) is 4.57 Å². The second-order valence-electron chi connectivity index (χ2n) is 2.32. The van der Waals surface area contributed by atoms with Gasteiger partial charge in [0.25, 0.3) is 0 Å². The van der Waals surface area contributed by atoms with Gasteiger partial charge in [0, 0.05) is 25.0 Å². The number of nitrogens with zero attached hydrogens (tertiary/aromatic N) is 1. The van der Waals surface area contributed by atoms with Gasteiger partial charge in [-0.1, -0.05) is 0 Å². The summed E-state index contributed by atoms with van der Waals surface area (Å²) in [6.07, 6.45) is 3.05. The van der Waals surface area contributed by atoms with Crippen molar-refractivity contribution >= 4 is 0 Å². The molecule has 1 rings (SSSR count). The molecule has 0 aromatic carbocycles. The first kappa shape index (κ1) is 6.86. The average Bonchev–Trinajstić information content (AvgIpc) is 1.82. The fraction of sp³-hybridized carbons (Fsp3) is 0.286. The molecule has 0 aliphatic heterocycles. The summed E-state index contributed by atoms with van der Waals surface area (Å²) in [5, 5.41) is 8.95. The van der Waals surface area contributed by atoms with Gasteiger partial charge in [0.15, 0.2) is 5.75 Å². The van der Waals surface area contributed by atoms with E-state index < -0.39 is 0 Å². The Bertz CT molecular complexity index is 275. The number of aromatic nitrogens is 1. The Morgan fingerprint density at radius 2 is 2.10 bits per heavy atom. The van der Waals surface area contributed by atoms with Crippen LogP contribution in [0.4, 0.5) is 0 Å². The van der Waals surface area contributed by atoms with Gasteiger partial charge in [-0.2, -0.15) is 0 Å². The van der Waals surface area contributed by atoms with Crippen LogP contribution in [0.2, 0.25) is 0 Å². The Morgan fingerprint density at radius 1 is 1.50 bits per heavy atom. The van der Waals surface area contributed by atoms with Crippen LogP contribution >= 0.6 is 0 Å². The first-order valence-corrected chi connectivity index (χ1v) is 2.97. The van der Waals surface area contributed by atoms with Crippen LogP contribution in [-0.4, -0.2) is 9.67 Å². The molecule has 0 saturated heterocycles. The Hall–Kier alpha value is -1.25. The van der Waals surface area contributed by atoms with Crippen LogP contribution in [-0.2, 0) is 7.05 Å². The largest absolute Gasteiger partial charge is 0.503 e. The van der Waals surface area contributed by atoms with Crippen molar-refractivity contribution in [2.45, 2.75) is 6.92 Å². The number of hydrogen-bond donors (Lipinski definition) is 1. The molecule has 1 aromatic rings. The van der Waals surface area contributed by atoms with Crippen LogP contribution in [0, 0.1) is 6.92 Å². The summed E-state index contributed by atoms with van der Waals surface area (Å²) in [4.78, 5) is 10.9. The number of hydrogen-bond acceptors (Lipinski definition) is 2. The quantitative estimate of drug-likeness (QED) is 0.565. The minimum Gasteiger partial charge on any atom is -0.503 e. The van der Waals surface area contributed by atoms with Gasteiger partial charge >= 0.3 is 0 Å². The molecule has 1 N–H and O–H groups in total. The summed E-state index contributed by atoms with van der Waals surface area (Å²) in [5.41, 5.74) is 0.264. The minimum atomic E-state index is -0.293. The summed E-state index contributed by atoms with van der Waals surface area (Å²) >= 11 is 0. The summed E-state index contributed by atoms with van der Waals surface area (Å²) < 4.78 is 1.64. The molecule has 0 spiro atoms. The molecule has 0 radical (unpaired) electrons. The third-order valence-corrected chi connectivity index (χ3v) is 1.31. The SMILES string of the molecule is Cc1cn(C)cc(O)c1=O. The highest BCUT2D eigenvalue weighted by Crippen LogP contribution is 1.99. The van der Waals surface area contributed by atoms with Gasteiger partial charge in [0.2, 0.25) is 5.43 Å². The molecule has 3 nitrogen and oxygen atoms in total.